The van der Waals surface area contributed by atoms with Crippen LogP contribution in [0.5, 0.6) is 0 Å². The highest BCUT2D eigenvalue weighted by molar-refractivity contribution is 7.89. The maximum atomic E-state index is 12.7. The van der Waals surface area contributed by atoms with E-state index in [-0.39, 0.29) is 5.54 Å². The van der Waals surface area contributed by atoms with Crippen molar-refractivity contribution in [3.05, 3.63) is 11.4 Å². The smallest absolute Gasteiger partial charge is 0.244 e. The first-order chi connectivity index (χ1) is 9.85. The fourth-order valence-corrected chi connectivity index (χ4v) is 4.92. The fourth-order valence-electron chi connectivity index (χ4n) is 2.97. The third kappa shape index (κ3) is 3.14. The zero-order valence-electron chi connectivity index (χ0n) is 13.4. The molecule has 0 radical (unpaired) electrons. The summed E-state index contributed by atoms with van der Waals surface area (Å²) in [6.07, 6.45) is 3.78. The number of sulfonamides is 1. The van der Waals surface area contributed by atoms with Crippen molar-refractivity contribution in [1.82, 2.24) is 19.8 Å². The first-order valence-electron chi connectivity index (χ1n) is 7.58. The molecule has 6 nitrogen and oxygen atoms in total. The SMILES string of the molecule is CCC1(NS(=O)(=O)c2c(C)nn(CCNC)c2C)CCC1. The number of nitrogens with one attached hydrogen (secondary N) is 2. The Hall–Kier alpha value is -0.920. The second-order valence-electron chi connectivity index (χ2n) is 5.92. The van der Waals surface area contributed by atoms with E-state index < -0.39 is 10.0 Å². The Kier molecular flexibility index (Phi) is 4.75. The molecule has 120 valence electrons. The topological polar surface area (TPSA) is 76.0 Å². The summed E-state index contributed by atoms with van der Waals surface area (Å²) < 4.78 is 30.2. The number of hydrogen-bond donors (Lipinski definition) is 2. The Morgan fingerprint density at radius 1 is 1.33 bits per heavy atom. The lowest BCUT2D eigenvalue weighted by molar-refractivity contribution is 0.214. The van der Waals surface area contributed by atoms with E-state index >= 15 is 0 Å². The van der Waals surface area contributed by atoms with E-state index in [1.165, 1.54) is 0 Å². The molecule has 0 saturated heterocycles. The second kappa shape index (κ2) is 6.06. The van der Waals surface area contributed by atoms with Crippen LogP contribution in [0.3, 0.4) is 0 Å². The van der Waals surface area contributed by atoms with Gasteiger partial charge in [0.15, 0.2) is 0 Å². The van der Waals surface area contributed by atoms with Crippen molar-refractivity contribution in [2.45, 2.75) is 63.4 Å². The van der Waals surface area contributed by atoms with Crippen LogP contribution in [-0.4, -0.2) is 37.3 Å². The van der Waals surface area contributed by atoms with E-state index in [0.29, 0.717) is 22.8 Å². The molecule has 0 aromatic carbocycles. The van der Waals surface area contributed by atoms with Gasteiger partial charge in [0, 0.05) is 12.1 Å². The highest BCUT2D eigenvalue weighted by Crippen LogP contribution is 2.36. The fraction of sp³-hybridized carbons (Fsp3) is 0.786. The predicted molar refractivity (Wildman–Crippen MR) is 82.8 cm³/mol. The van der Waals surface area contributed by atoms with Crippen LogP contribution in [0.2, 0.25) is 0 Å². The van der Waals surface area contributed by atoms with E-state index in [1.54, 1.807) is 11.6 Å². The lowest BCUT2D eigenvalue weighted by atomic mass is 9.76. The van der Waals surface area contributed by atoms with E-state index in [4.69, 9.17) is 0 Å². The van der Waals surface area contributed by atoms with Crippen molar-refractivity contribution in [2.75, 3.05) is 13.6 Å². The van der Waals surface area contributed by atoms with Crippen molar-refractivity contribution in [3.63, 3.8) is 0 Å². The summed E-state index contributed by atoms with van der Waals surface area (Å²) in [6, 6.07) is 0. The van der Waals surface area contributed by atoms with Crippen LogP contribution in [0, 0.1) is 13.8 Å². The summed E-state index contributed by atoms with van der Waals surface area (Å²) in [6.45, 7) is 7.05. The molecule has 1 heterocycles. The molecular formula is C14H26N4O2S. The minimum atomic E-state index is -3.51. The molecule has 0 atom stereocenters. The molecule has 1 aromatic heterocycles. The molecule has 1 aliphatic rings. The highest BCUT2D eigenvalue weighted by atomic mass is 32.2. The van der Waals surface area contributed by atoms with Crippen LogP contribution in [0.15, 0.2) is 4.90 Å². The van der Waals surface area contributed by atoms with Gasteiger partial charge in [-0.1, -0.05) is 6.92 Å². The van der Waals surface area contributed by atoms with Gasteiger partial charge in [0.05, 0.1) is 17.9 Å². The molecule has 1 saturated carbocycles. The molecule has 0 amide bonds. The van der Waals surface area contributed by atoms with Gasteiger partial charge in [-0.05, 0) is 46.6 Å². The summed E-state index contributed by atoms with van der Waals surface area (Å²) in [5.74, 6) is 0. The summed E-state index contributed by atoms with van der Waals surface area (Å²) >= 11 is 0. The summed E-state index contributed by atoms with van der Waals surface area (Å²) in [5.41, 5.74) is 1.03. The van der Waals surface area contributed by atoms with Gasteiger partial charge in [-0.2, -0.15) is 5.10 Å². The quantitative estimate of drug-likeness (QED) is 0.796. The number of aryl methyl sites for hydroxylation is 1. The summed E-state index contributed by atoms with van der Waals surface area (Å²) in [4.78, 5) is 0.346. The zero-order valence-corrected chi connectivity index (χ0v) is 14.2. The average molecular weight is 314 g/mol. The van der Waals surface area contributed by atoms with E-state index in [1.807, 2.05) is 20.9 Å². The van der Waals surface area contributed by atoms with Gasteiger partial charge in [-0.15, -0.1) is 0 Å². The number of hydrogen-bond acceptors (Lipinski definition) is 4. The van der Waals surface area contributed by atoms with Crippen molar-refractivity contribution < 1.29 is 8.42 Å². The van der Waals surface area contributed by atoms with Crippen LogP contribution in [-0.2, 0) is 16.6 Å². The van der Waals surface area contributed by atoms with Gasteiger partial charge in [0.1, 0.15) is 4.90 Å². The Labute approximate surface area is 127 Å². The molecule has 2 rings (SSSR count). The lowest BCUT2D eigenvalue weighted by Crippen LogP contribution is -2.52. The molecule has 0 spiro atoms. The van der Waals surface area contributed by atoms with Crippen LogP contribution < -0.4 is 10.0 Å². The second-order valence-corrected chi connectivity index (χ2v) is 7.54. The molecule has 2 N–H and O–H groups in total. The van der Waals surface area contributed by atoms with Crippen molar-refractivity contribution >= 4 is 10.0 Å². The molecule has 0 unspecified atom stereocenters. The van der Waals surface area contributed by atoms with Crippen LogP contribution in [0.4, 0.5) is 0 Å². The first-order valence-corrected chi connectivity index (χ1v) is 9.06. The number of nitrogens with zero attached hydrogens (tertiary/aromatic N) is 2. The lowest BCUT2D eigenvalue weighted by Gasteiger charge is -2.41. The monoisotopic (exact) mass is 314 g/mol. The number of likely N-dealkylation sites (N-methyl/N-ethyl adjacent to an activating group) is 1. The zero-order chi connectivity index (χ0) is 15.7. The van der Waals surface area contributed by atoms with Gasteiger partial charge in [0.25, 0.3) is 0 Å². The molecule has 0 aliphatic heterocycles. The minimum Gasteiger partial charge on any atom is -0.318 e. The van der Waals surface area contributed by atoms with E-state index in [2.05, 4.69) is 15.1 Å². The predicted octanol–water partition coefficient (Wildman–Crippen LogP) is 1.33. The molecule has 0 bridgehead atoms. The van der Waals surface area contributed by atoms with Gasteiger partial charge >= 0.3 is 0 Å². The van der Waals surface area contributed by atoms with Gasteiger partial charge in [-0.3, -0.25) is 4.68 Å². The van der Waals surface area contributed by atoms with Crippen LogP contribution >= 0.6 is 0 Å². The highest BCUT2D eigenvalue weighted by Gasteiger charge is 2.40. The Bertz CT molecular complexity index is 597. The summed E-state index contributed by atoms with van der Waals surface area (Å²) in [7, 11) is -1.64. The van der Waals surface area contributed by atoms with Crippen molar-refractivity contribution in [2.24, 2.45) is 0 Å². The van der Waals surface area contributed by atoms with Gasteiger partial charge in [0.2, 0.25) is 10.0 Å². The number of aromatic nitrogens is 2. The normalized spacial score (nSPS) is 17.7. The molecule has 1 aliphatic carbocycles. The third-order valence-electron chi connectivity index (χ3n) is 4.50. The standard InChI is InChI=1S/C14H26N4O2S/c1-5-14(7-6-8-14)17-21(19,20)13-11(2)16-18(12(13)3)10-9-15-4/h15,17H,5-10H2,1-4H3. The molecule has 1 fully saturated rings. The first kappa shape index (κ1) is 16.5. The maximum absolute atomic E-state index is 12.7. The third-order valence-corrected chi connectivity index (χ3v) is 6.33. The van der Waals surface area contributed by atoms with E-state index in [9.17, 15) is 8.42 Å². The molecule has 21 heavy (non-hydrogen) atoms. The largest absolute Gasteiger partial charge is 0.318 e. The van der Waals surface area contributed by atoms with Gasteiger partial charge in [-0.25, -0.2) is 13.1 Å². The van der Waals surface area contributed by atoms with Crippen LogP contribution in [0.1, 0.15) is 44.0 Å². The minimum absolute atomic E-state index is 0.245. The Morgan fingerprint density at radius 2 is 2.00 bits per heavy atom. The maximum Gasteiger partial charge on any atom is 0.244 e. The van der Waals surface area contributed by atoms with Crippen molar-refractivity contribution in [1.29, 1.82) is 0 Å². The molecular weight excluding hydrogens is 288 g/mol. The number of rotatable bonds is 7. The van der Waals surface area contributed by atoms with Gasteiger partial charge < -0.3 is 5.32 Å². The van der Waals surface area contributed by atoms with E-state index in [0.717, 1.165) is 32.2 Å². The van der Waals surface area contributed by atoms with Crippen LogP contribution in [0.25, 0.3) is 0 Å². The molecule has 7 heteroatoms. The summed E-state index contributed by atoms with van der Waals surface area (Å²) in [5, 5.41) is 7.42. The van der Waals surface area contributed by atoms with Crippen molar-refractivity contribution in [3.8, 4) is 0 Å². The Balaban J connectivity index is 2.29. The molecule has 1 aromatic rings. The Morgan fingerprint density at radius 3 is 2.48 bits per heavy atom. The average Bonchev–Trinajstić information content (AvgIpc) is 2.67.